The SMILES string of the molecule is CC(C)(C)OC(=O)N1CCCCC1=Cc1ccc(C(C)(C)C)cc1. The second-order valence-corrected chi connectivity index (χ2v) is 8.60. The molecule has 1 amide bonds. The molecule has 1 aliphatic rings. The average Bonchev–Trinajstić information content (AvgIpc) is 2.45. The average molecular weight is 329 g/mol. The van der Waals surface area contributed by atoms with E-state index in [-0.39, 0.29) is 11.5 Å². The van der Waals surface area contributed by atoms with Crippen LogP contribution in [0.15, 0.2) is 30.0 Å². The molecule has 0 radical (unpaired) electrons. The van der Waals surface area contributed by atoms with E-state index in [0.29, 0.717) is 0 Å². The maximum atomic E-state index is 12.5. The fourth-order valence-electron chi connectivity index (χ4n) is 2.80. The topological polar surface area (TPSA) is 29.5 Å². The molecule has 0 aliphatic carbocycles. The highest BCUT2D eigenvalue weighted by Crippen LogP contribution is 2.27. The van der Waals surface area contributed by atoms with Gasteiger partial charge in [-0.15, -0.1) is 0 Å². The Morgan fingerprint density at radius 1 is 1.04 bits per heavy atom. The smallest absolute Gasteiger partial charge is 0.414 e. The number of ether oxygens (including phenoxy) is 1. The van der Waals surface area contributed by atoms with Crippen LogP contribution in [0.25, 0.3) is 6.08 Å². The van der Waals surface area contributed by atoms with Gasteiger partial charge in [0.1, 0.15) is 5.60 Å². The van der Waals surface area contributed by atoms with Gasteiger partial charge in [0.25, 0.3) is 0 Å². The first-order valence-electron chi connectivity index (χ1n) is 8.88. The van der Waals surface area contributed by atoms with Crippen LogP contribution in [-0.4, -0.2) is 23.1 Å². The molecule has 3 heteroatoms. The van der Waals surface area contributed by atoms with Crippen molar-refractivity contribution in [3.63, 3.8) is 0 Å². The van der Waals surface area contributed by atoms with Crippen LogP contribution >= 0.6 is 0 Å². The molecule has 132 valence electrons. The van der Waals surface area contributed by atoms with E-state index >= 15 is 0 Å². The van der Waals surface area contributed by atoms with E-state index in [1.54, 1.807) is 4.90 Å². The molecule has 2 rings (SSSR count). The summed E-state index contributed by atoms with van der Waals surface area (Å²) in [4.78, 5) is 14.3. The van der Waals surface area contributed by atoms with Crippen LogP contribution in [-0.2, 0) is 10.2 Å². The van der Waals surface area contributed by atoms with E-state index in [1.807, 2.05) is 20.8 Å². The maximum Gasteiger partial charge on any atom is 0.414 e. The van der Waals surface area contributed by atoms with Crippen LogP contribution < -0.4 is 0 Å². The van der Waals surface area contributed by atoms with Crippen molar-refractivity contribution < 1.29 is 9.53 Å². The number of rotatable bonds is 1. The highest BCUT2D eigenvalue weighted by Gasteiger charge is 2.26. The lowest BCUT2D eigenvalue weighted by atomic mass is 9.86. The number of hydrogen-bond donors (Lipinski definition) is 0. The number of amides is 1. The summed E-state index contributed by atoms with van der Waals surface area (Å²) in [5.74, 6) is 0. The van der Waals surface area contributed by atoms with E-state index in [2.05, 4.69) is 51.1 Å². The van der Waals surface area contributed by atoms with Crippen LogP contribution in [0, 0.1) is 0 Å². The van der Waals surface area contributed by atoms with Crippen molar-refractivity contribution in [1.82, 2.24) is 4.90 Å². The molecule has 0 aromatic heterocycles. The minimum atomic E-state index is -0.464. The first-order valence-corrected chi connectivity index (χ1v) is 8.88. The number of piperidine rings is 1. The van der Waals surface area contributed by atoms with Gasteiger partial charge in [0.15, 0.2) is 0 Å². The Kier molecular flexibility index (Phi) is 5.42. The molecule has 1 saturated heterocycles. The number of carbonyl (C=O) groups excluding carboxylic acids is 1. The number of likely N-dealkylation sites (tertiary alicyclic amines) is 1. The van der Waals surface area contributed by atoms with E-state index in [9.17, 15) is 4.79 Å². The molecule has 24 heavy (non-hydrogen) atoms. The van der Waals surface area contributed by atoms with Crippen molar-refractivity contribution in [1.29, 1.82) is 0 Å². The fourth-order valence-corrected chi connectivity index (χ4v) is 2.80. The molecule has 0 bridgehead atoms. The summed E-state index contributed by atoms with van der Waals surface area (Å²) in [6.07, 6.45) is 4.94. The molecule has 0 unspecified atom stereocenters. The van der Waals surface area contributed by atoms with Crippen LogP contribution in [0.1, 0.15) is 71.9 Å². The molecule has 1 aromatic rings. The van der Waals surface area contributed by atoms with Crippen molar-refractivity contribution in [2.24, 2.45) is 0 Å². The van der Waals surface area contributed by atoms with E-state index in [0.717, 1.165) is 37.1 Å². The third kappa shape index (κ3) is 5.12. The zero-order valence-corrected chi connectivity index (χ0v) is 16.0. The minimum absolute atomic E-state index is 0.152. The first kappa shape index (κ1) is 18.6. The third-order valence-electron chi connectivity index (χ3n) is 4.14. The summed E-state index contributed by atoms with van der Waals surface area (Å²) in [6, 6.07) is 8.62. The lowest BCUT2D eigenvalue weighted by molar-refractivity contribution is 0.0289. The largest absolute Gasteiger partial charge is 0.443 e. The highest BCUT2D eigenvalue weighted by molar-refractivity contribution is 5.73. The van der Waals surface area contributed by atoms with Crippen LogP contribution in [0.3, 0.4) is 0 Å². The number of carbonyl (C=O) groups is 1. The Labute approximate surface area is 146 Å². The monoisotopic (exact) mass is 329 g/mol. The molecular formula is C21H31NO2. The maximum absolute atomic E-state index is 12.5. The Bertz CT molecular complexity index is 600. The van der Waals surface area contributed by atoms with Gasteiger partial charge in [0, 0.05) is 12.2 Å². The van der Waals surface area contributed by atoms with Crippen LogP contribution in [0.4, 0.5) is 4.79 Å². The predicted octanol–water partition coefficient (Wildman–Crippen LogP) is 5.75. The van der Waals surface area contributed by atoms with Crippen LogP contribution in [0.2, 0.25) is 0 Å². The number of nitrogens with zero attached hydrogens (tertiary/aromatic N) is 1. The number of allylic oxidation sites excluding steroid dienone is 1. The molecule has 0 saturated carbocycles. The van der Waals surface area contributed by atoms with Crippen molar-refractivity contribution >= 4 is 12.2 Å². The Morgan fingerprint density at radius 3 is 2.21 bits per heavy atom. The second kappa shape index (κ2) is 7.00. The normalized spacial score (nSPS) is 17.9. The van der Waals surface area contributed by atoms with E-state index in [4.69, 9.17) is 4.74 Å². The Morgan fingerprint density at radius 2 is 1.67 bits per heavy atom. The van der Waals surface area contributed by atoms with Gasteiger partial charge in [-0.1, -0.05) is 45.0 Å². The molecule has 1 fully saturated rings. The van der Waals surface area contributed by atoms with Gasteiger partial charge in [-0.3, -0.25) is 4.90 Å². The first-order chi connectivity index (χ1) is 11.1. The molecule has 1 aromatic carbocycles. The second-order valence-electron chi connectivity index (χ2n) is 8.60. The lowest BCUT2D eigenvalue weighted by Crippen LogP contribution is -2.38. The van der Waals surface area contributed by atoms with Crippen molar-refractivity contribution in [3.8, 4) is 0 Å². The molecule has 0 spiro atoms. The summed E-state index contributed by atoms with van der Waals surface area (Å²) >= 11 is 0. The van der Waals surface area contributed by atoms with Gasteiger partial charge < -0.3 is 4.74 Å². The van der Waals surface area contributed by atoms with Crippen LogP contribution in [0.5, 0.6) is 0 Å². The number of hydrogen-bond acceptors (Lipinski definition) is 2. The molecule has 1 heterocycles. The molecule has 0 atom stereocenters. The summed E-state index contributed by atoms with van der Waals surface area (Å²) < 4.78 is 5.56. The standard InChI is InChI=1S/C21H31NO2/c1-20(2,3)17-12-10-16(11-13-17)15-18-9-7-8-14-22(18)19(23)24-21(4,5)6/h10-13,15H,7-9,14H2,1-6H3. The van der Waals surface area contributed by atoms with Gasteiger partial charge >= 0.3 is 6.09 Å². The summed E-state index contributed by atoms with van der Waals surface area (Å²) in [5.41, 5.74) is 3.19. The van der Waals surface area contributed by atoms with Crippen molar-refractivity contribution in [3.05, 3.63) is 41.1 Å². The molecule has 3 nitrogen and oxygen atoms in total. The van der Waals surface area contributed by atoms with Gasteiger partial charge in [-0.2, -0.15) is 0 Å². The highest BCUT2D eigenvalue weighted by atomic mass is 16.6. The van der Waals surface area contributed by atoms with Gasteiger partial charge in [0.05, 0.1) is 0 Å². The zero-order chi connectivity index (χ0) is 18.0. The van der Waals surface area contributed by atoms with Gasteiger partial charge in [-0.25, -0.2) is 4.79 Å². The summed E-state index contributed by atoms with van der Waals surface area (Å²) in [7, 11) is 0. The van der Waals surface area contributed by atoms with Crippen molar-refractivity contribution in [2.45, 2.75) is 71.8 Å². The summed E-state index contributed by atoms with van der Waals surface area (Å²) in [5, 5.41) is 0. The van der Waals surface area contributed by atoms with Gasteiger partial charge in [-0.05, 0) is 62.7 Å². The zero-order valence-electron chi connectivity index (χ0n) is 16.0. The Hall–Kier alpha value is -1.77. The van der Waals surface area contributed by atoms with E-state index < -0.39 is 5.60 Å². The third-order valence-corrected chi connectivity index (χ3v) is 4.14. The quantitative estimate of drug-likeness (QED) is 0.657. The van der Waals surface area contributed by atoms with E-state index in [1.165, 1.54) is 5.56 Å². The fraction of sp³-hybridized carbons (Fsp3) is 0.571. The minimum Gasteiger partial charge on any atom is -0.443 e. The van der Waals surface area contributed by atoms with Gasteiger partial charge in [0.2, 0.25) is 0 Å². The predicted molar refractivity (Wildman–Crippen MR) is 99.9 cm³/mol. The number of benzene rings is 1. The lowest BCUT2D eigenvalue weighted by Gasteiger charge is -2.32. The molecule has 0 N–H and O–H groups in total. The Balaban J connectivity index is 2.20. The van der Waals surface area contributed by atoms with Crippen molar-refractivity contribution in [2.75, 3.05) is 6.54 Å². The summed E-state index contributed by atoms with van der Waals surface area (Å²) in [6.45, 7) is 13.1. The molecular weight excluding hydrogens is 298 g/mol. The molecule has 1 aliphatic heterocycles.